The summed E-state index contributed by atoms with van der Waals surface area (Å²) in [6.45, 7) is 6.19. The van der Waals surface area contributed by atoms with E-state index in [9.17, 15) is 9.59 Å². The molecule has 29 heavy (non-hydrogen) atoms. The number of aryl methyl sites for hydroxylation is 1. The standard InChI is InChI=1S/C25H24N2O2/c1-16-6-4-5-7-19(16)20-12-23(29)27(18-10-8-17(15-26)9-11-18)21-13-25(2,3)14-22(28)24(20)21/h4-11,20H,12-14H2,1-3H3. The molecular weight excluding hydrogens is 360 g/mol. The van der Waals surface area contributed by atoms with Gasteiger partial charge in [-0.05, 0) is 54.2 Å². The highest BCUT2D eigenvalue weighted by molar-refractivity contribution is 6.07. The minimum atomic E-state index is -0.200. The Labute approximate surface area is 171 Å². The Hall–Kier alpha value is -3.19. The van der Waals surface area contributed by atoms with Crippen LogP contribution in [0.25, 0.3) is 0 Å². The molecule has 1 atom stereocenters. The average Bonchev–Trinajstić information content (AvgIpc) is 2.67. The summed E-state index contributed by atoms with van der Waals surface area (Å²) in [5, 5.41) is 9.08. The number of nitrogens with zero attached hydrogens (tertiary/aromatic N) is 2. The summed E-state index contributed by atoms with van der Waals surface area (Å²) >= 11 is 0. The average molecular weight is 384 g/mol. The van der Waals surface area contributed by atoms with Gasteiger partial charge < -0.3 is 0 Å². The normalized spacial score (nSPS) is 21.0. The third kappa shape index (κ3) is 3.38. The monoisotopic (exact) mass is 384 g/mol. The fourth-order valence-electron chi connectivity index (χ4n) is 4.64. The van der Waals surface area contributed by atoms with Crippen LogP contribution in [0, 0.1) is 23.7 Å². The summed E-state index contributed by atoms with van der Waals surface area (Å²) in [4.78, 5) is 28.3. The molecule has 1 aliphatic carbocycles. The van der Waals surface area contributed by atoms with Crippen molar-refractivity contribution in [3.63, 3.8) is 0 Å². The van der Waals surface area contributed by atoms with Crippen LogP contribution >= 0.6 is 0 Å². The van der Waals surface area contributed by atoms with E-state index in [-0.39, 0.29) is 29.4 Å². The molecule has 4 heteroatoms. The zero-order valence-electron chi connectivity index (χ0n) is 17.0. The van der Waals surface area contributed by atoms with Gasteiger partial charge in [-0.1, -0.05) is 38.1 Å². The first-order chi connectivity index (χ1) is 13.8. The molecule has 1 amide bonds. The molecule has 2 aliphatic rings. The first kappa shape index (κ1) is 19.1. The molecule has 0 saturated heterocycles. The topological polar surface area (TPSA) is 61.2 Å². The smallest absolute Gasteiger partial charge is 0.232 e. The lowest BCUT2D eigenvalue weighted by atomic mass is 9.69. The van der Waals surface area contributed by atoms with E-state index >= 15 is 0 Å². The van der Waals surface area contributed by atoms with Gasteiger partial charge in [0.1, 0.15) is 0 Å². The Kier molecular flexibility index (Phi) is 4.62. The summed E-state index contributed by atoms with van der Waals surface area (Å²) in [6.07, 6.45) is 1.43. The number of amides is 1. The van der Waals surface area contributed by atoms with Crippen LogP contribution in [-0.4, -0.2) is 11.7 Å². The number of hydrogen-bond donors (Lipinski definition) is 0. The predicted octanol–water partition coefficient (Wildman–Crippen LogP) is 5.03. The molecule has 1 unspecified atom stereocenters. The van der Waals surface area contributed by atoms with Crippen LogP contribution in [0.1, 0.15) is 55.7 Å². The maximum Gasteiger partial charge on any atom is 0.232 e. The van der Waals surface area contributed by atoms with Crippen molar-refractivity contribution < 1.29 is 9.59 Å². The van der Waals surface area contributed by atoms with Crippen LogP contribution < -0.4 is 4.90 Å². The zero-order valence-corrected chi connectivity index (χ0v) is 17.0. The van der Waals surface area contributed by atoms with Crippen molar-refractivity contribution in [2.24, 2.45) is 5.41 Å². The number of hydrogen-bond acceptors (Lipinski definition) is 3. The number of ketones is 1. The fourth-order valence-corrected chi connectivity index (χ4v) is 4.64. The van der Waals surface area contributed by atoms with Gasteiger partial charge in [-0.2, -0.15) is 5.26 Å². The molecule has 146 valence electrons. The van der Waals surface area contributed by atoms with Crippen molar-refractivity contribution in [2.75, 3.05) is 4.90 Å². The molecule has 0 radical (unpaired) electrons. The number of benzene rings is 2. The van der Waals surface area contributed by atoms with Gasteiger partial charge >= 0.3 is 0 Å². The first-order valence-electron chi connectivity index (χ1n) is 9.95. The molecule has 0 spiro atoms. The van der Waals surface area contributed by atoms with E-state index < -0.39 is 0 Å². The van der Waals surface area contributed by atoms with Crippen LogP contribution in [-0.2, 0) is 9.59 Å². The van der Waals surface area contributed by atoms with E-state index in [0.717, 1.165) is 28.1 Å². The summed E-state index contributed by atoms with van der Waals surface area (Å²) in [6, 6.07) is 17.1. The molecule has 0 saturated carbocycles. The molecular formula is C25H24N2O2. The first-order valence-corrected chi connectivity index (χ1v) is 9.95. The number of rotatable bonds is 2. The van der Waals surface area contributed by atoms with Crippen LogP contribution in [0.3, 0.4) is 0 Å². The van der Waals surface area contributed by atoms with Crippen molar-refractivity contribution in [3.8, 4) is 6.07 Å². The van der Waals surface area contributed by atoms with Gasteiger partial charge in [-0.15, -0.1) is 0 Å². The minimum Gasteiger partial charge on any atom is -0.294 e. The minimum absolute atomic E-state index is 0.00721. The Morgan fingerprint density at radius 3 is 2.38 bits per heavy atom. The molecule has 2 aromatic rings. The number of anilines is 1. The van der Waals surface area contributed by atoms with E-state index in [2.05, 4.69) is 19.9 Å². The molecule has 1 aliphatic heterocycles. The lowest BCUT2D eigenvalue weighted by Crippen LogP contribution is -2.43. The van der Waals surface area contributed by atoms with E-state index in [1.807, 2.05) is 31.2 Å². The van der Waals surface area contributed by atoms with Gasteiger partial charge in [0.25, 0.3) is 0 Å². The highest BCUT2D eigenvalue weighted by Gasteiger charge is 2.44. The molecule has 0 N–H and O–H groups in total. The molecule has 0 fully saturated rings. The molecule has 0 aromatic heterocycles. The Balaban J connectivity index is 1.90. The number of carbonyl (C=O) groups is 2. The SMILES string of the molecule is Cc1ccccc1C1CC(=O)N(c2ccc(C#N)cc2)C2=C1C(=O)CC(C)(C)C2. The van der Waals surface area contributed by atoms with E-state index in [4.69, 9.17) is 5.26 Å². The second-order valence-corrected chi connectivity index (χ2v) is 8.80. The lowest BCUT2D eigenvalue weighted by Gasteiger charge is -2.43. The van der Waals surface area contributed by atoms with Crippen LogP contribution in [0.15, 0.2) is 59.8 Å². The van der Waals surface area contributed by atoms with Gasteiger partial charge in [-0.3, -0.25) is 14.5 Å². The number of allylic oxidation sites excluding steroid dienone is 2. The molecule has 0 bridgehead atoms. The van der Waals surface area contributed by atoms with E-state index in [1.165, 1.54) is 0 Å². The number of nitriles is 1. The highest BCUT2D eigenvalue weighted by Crippen LogP contribution is 2.48. The van der Waals surface area contributed by atoms with Crippen LogP contribution in [0.2, 0.25) is 0 Å². The Morgan fingerprint density at radius 1 is 1.03 bits per heavy atom. The van der Waals surface area contributed by atoms with Crippen molar-refractivity contribution in [2.45, 2.75) is 46.0 Å². The van der Waals surface area contributed by atoms with Gasteiger partial charge in [0.05, 0.1) is 11.6 Å². The highest BCUT2D eigenvalue weighted by atomic mass is 16.2. The summed E-state index contributed by atoms with van der Waals surface area (Å²) in [5.41, 5.74) is 4.82. The van der Waals surface area contributed by atoms with E-state index in [0.29, 0.717) is 18.4 Å². The summed E-state index contributed by atoms with van der Waals surface area (Å²) < 4.78 is 0. The predicted molar refractivity (Wildman–Crippen MR) is 112 cm³/mol. The van der Waals surface area contributed by atoms with Crippen molar-refractivity contribution in [1.82, 2.24) is 0 Å². The number of Topliss-reactive ketones (excluding diaryl/α,β-unsaturated/α-hetero) is 1. The largest absolute Gasteiger partial charge is 0.294 e. The van der Waals surface area contributed by atoms with Crippen LogP contribution in [0.4, 0.5) is 5.69 Å². The Morgan fingerprint density at radius 2 is 1.72 bits per heavy atom. The third-order valence-electron chi connectivity index (χ3n) is 5.96. The third-order valence-corrected chi connectivity index (χ3v) is 5.96. The van der Waals surface area contributed by atoms with Crippen LogP contribution in [0.5, 0.6) is 0 Å². The Bertz CT molecular complexity index is 1070. The molecule has 4 nitrogen and oxygen atoms in total. The zero-order chi connectivity index (χ0) is 20.8. The van der Waals surface area contributed by atoms with Crippen molar-refractivity contribution in [3.05, 3.63) is 76.5 Å². The van der Waals surface area contributed by atoms with E-state index in [1.54, 1.807) is 29.2 Å². The molecule has 2 aromatic carbocycles. The van der Waals surface area contributed by atoms with Gasteiger partial charge in [0, 0.05) is 35.7 Å². The van der Waals surface area contributed by atoms with Gasteiger partial charge in [-0.25, -0.2) is 0 Å². The van der Waals surface area contributed by atoms with Gasteiger partial charge in [0.2, 0.25) is 5.91 Å². The number of carbonyl (C=O) groups excluding carboxylic acids is 2. The van der Waals surface area contributed by atoms with Crippen molar-refractivity contribution >= 4 is 17.4 Å². The van der Waals surface area contributed by atoms with Gasteiger partial charge in [0.15, 0.2) is 5.78 Å². The summed E-state index contributed by atoms with van der Waals surface area (Å²) in [5.74, 6) is -0.0696. The second kappa shape index (κ2) is 7.00. The summed E-state index contributed by atoms with van der Waals surface area (Å²) in [7, 11) is 0. The molecule has 1 heterocycles. The second-order valence-electron chi connectivity index (χ2n) is 8.80. The maximum absolute atomic E-state index is 13.3. The lowest BCUT2D eigenvalue weighted by molar-refractivity contribution is -0.121. The van der Waals surface area contributed by atoms with Crippen molar-refractivity contribution in [1.29, 1.82) is 5.26 Å². The quantitative estimate of drug-likeness (QED) is 0.729. The molecule has 4 rings (SSSR count). The fraction of sp³-hybridized carbons (Fsp3) is 0.320. The maximum atomic E-state index is 13.3.